The van der Waals surface area contributed by atoms with E-state index in [9.17, 15) is 0 Å². The lowest BCUT2D eigenvalue weighted by atomic mass is 10.1. The van der Waals surface area contributed by atoms with Gasteiger partial charge in [0.2, 0.25) is 0 Å². The van der Waals surface area contributed by atoms with Crippen LogP contribution >= 0.6 is 0 Å². The summed E-state index contributed by atoms with van der Waals surface area (Å²) in [6.45, 7) is 12.2. The normalized spacial score (nSPS) is 22.9. The first-order valence-corrected chi connectivity index (χ1v) is 7.34. The summed E-state index contributed by atoms with van der Waals surface area (Å²) in [5, 5.41) is 3.40. The van der Waals surface area contributed by atoms with Crippen molar-refractivity contribution >= 4 is 0 Å². The Morgan fingerprint density at radius 3 is 2.76 bits per heavy atom. The Morgan fingerprint density at radius 2 is 2.18 bits per heavy atom. The Labute approximate surface area is 107 Å². The highest BCUT2D eigenvalue weighted by Crippen LogP contribution is 2.09. The average molecular weight is 242 g/mol. The first kappa shape index (κ1) is 14.9. The Morgan fingerprint density at radius 1 is 1.35 bits per heavy atom. The highest BCUT2D eigenvalue weighted by Gasteiger charge is 2.17. The molecule has 0 radical (unpaired) electrons. The third kappa shape index (κ3) is 5.84. The lowest BCUT2D eigenvalue weighted by Crippen LogP contribution is -2.42. The van der Waals surface area contributed by atoms with Gasteiger partial charge in [-0.25, -0.2) is 0 Å². The number of ether oxygens (including phenoxy) is 1. The van der Waals surface area contributed by atoms with Crippen molar-refractivity contribution in [1.82, 2.24) is 10.2 Å². The predicted octanol–water partition coefficient (Wildman–Crippen LogP) is 2.27. The van der Waals surface area contributed by atoms with Crippen LogP contribution in [0.15, 0.2) is 0 Å². The van der Waals surface area contributed by atoms with Crippen molar-refractivity contribution in [1.29, 1.82) is 0 Å². The number of hydrogen-bond donors (Lipinski definition) is 1. The van der Waals surface area contributed by atoms with Crippen molar-refractivity contribution in [3.63, 3.8) is 0 Å². The van der Waals surface area contributed by atoms with Gasteiger partial charge in [-0.1, -0.05) is 20.3 Å². The van der Waals surface area contributed by atoms with Gasteiger partial charge in [0.1, 0.15) is 0 Å². The SMILES string of the molecule is CCCCN(CCC1CNCCO1)C(C)CC. The van der Waals surface area contributed by atoms with Crippen molar-refractivity contribution in [2.45, 2.75) is 58.6 Å². The van der Waals surface area contributed by atoms with Crippen molar-refractivity contribution in [3.8, 4) is 0 Å². The molecule has 1 fully saturated rings. The van der Waals surface area contributed by atoms with E-state index in [2.05, 4.69) is 31.0 Å². The molecule has 3 heteroatoms. The largest absolute Gasteiger partial charge is 0.376 e. The van der Waals surface area contributed by atoms with Gasteiger partial charge in [0.25, 0.3) is 0 Å². The van der Waals surface area contributed by atoms with Crippen LogP contribution in [0.25, 0.3) is 0 Å². The van der Waals surface area contributed by atoms with Crippen LogP contribution in [0.2, 0.25) is 0 Å². The number of rotatable bonds is 8. The smallest absolute Gasteiger partial charge is 0.0712 e. The molecule has 0 amide bonds. The minimum Gasteiger partial charge on any atom is -0.376 e. The maximum Gasteiger partial charge on any atom is 0.0712 e. The Hall–Kier alpha value is -0.120. The average Bonchev–Trinajstić information content (AvgIpc) is 2.39. The fourth-order valence-corrected chi connectivity index (χ4v) is 2.29. The predicted molar refractivity (Wildman–Crippen MR) is 73.5 cm³/mol. The van der Waals surface area contributed by atoms with Gasteiger partial charge in [-0.2, -0.15) is 0 Å². The molecule has 1 heterocycles. The highest BCUT2D eigenvalue weighted by molar-refractivity contribution is 4.72. The minimum atomic E-state index is 0.428. The molecule has 1 aliphatic heterocycles. The number of nitrogens with one attached hydrogen (secondary N) is 1. The molecule has 0 aromatic carbocycles. The van der Waals surface area contributed by atoms with Gasteiger partial charge in [0, 0.05) is 25.7 Å². The zero-order chi connectivity index (χ0) is 12.5. The standard InChI is InChI=1S/C14H30N2O/c1-4-6-9-16(13(3)5-2)10-7-14-12-15-8-11-17-14/h13-15H,4-12H2,1-3H3. The zero-order valence-electron chi connectivity index (χ0n) is 11.9. The van der Waals surface area contributed by atoms with Crippen molar-refractivity contribution in [2.24, 2.45) is 0 Å². The molecule has 0 aliphatic carbocycles. The van der Waals surface area contributed by atoms with Gasteiger partial charge in [0.15, 0.2) is 0 Å². The summed E-state index contributed by atoms with van der Waals surface area (Å²) in [5.74, 6) is 0. The van der Waals surface area contributed by atoms with Crippen molar-refractivity contribution in [3.05, 3.63) is 0 Å². The summed E-state index contributed by atoms with van der Waals surface area (Å²) in [4.78, 5) is 2.63. The zero-order valence-corrected chi connectivity index (χ0v) is 11.9. The van der Waals surface area contributed by atoms with Crippen LogP contribution in [0.4, 0.5) is 0 Å². The number of unbranched alkanes of at least 4 members (excludes halogenated alkanes) is 1. The lowest BCUT2D eigenvalue weighted by molar-refractivity contribution is 0.0147. The highest BCUT2D eigenvalue weighted by atomic mass is 16.5. The molecule has 1 N–H and O–H groups in total. The minimum absolute atomic E-state index is 0.428. The molecule has 1 aliphatic rings. The number of hydrogen-bond acceptors (Lipinski definition) is 3. The molecule has 0 spiro atoms. The van der Waals surface area contributed by atoms with E-state index in [1.54, 1.807) is 0 Å². The van der Waals surface area contributed by atoms with Crippen LogP contribution in [-0.2, 0) is 4.74 Å². The van der Waals surface area contributed by atoms with E-state index in [1.165, 1.54) is 38.8 Å². The van der Waals surface area contributed by atoms with Crippen LogP contribution in [0.3, 0.4) is 0 Å². The van der Waals surface area contributed by atoms with Crippen LogP contribution < -0.4 is 5.32 Å². The fourth-order valence-electron chi connectivity index (χ4n) is 2.29. The maximum atomic E-state index is 5.76. The number of morpholine rings is 1. The van der Waals surface area contributed by atoms with E-state index >= 15 is 0 Å². The van der Waals surface area contributed by atoms with E-state index < -0.39 is 0 Å². The third-order valence-corrected chi connectivity index (χ3v) is 3.76. The second-order valence-electron chi connectivity index (χ2n) is 5.13. The Kier molecular flexibility index (Phi) is 7.82. The molecule has 2 unspecified atom stereocenters. The van der Waals surface area contributed by atoms with Gasteiger partial charge in [-0.05, 0) is 32.7 Å². The summed E-state index contributed by atoms with van der Waals surface area (Å²) >= 11 is 0. The molecule has 2 atom stereocenters. The summed E-state index contributed by atoms with van der Waals surface area (Å²) in [7, 11) is 0. The van der Waals surface area contributed by atoms with E-state index in [1.807, 2.05) is 0 Å². The van der Waals surface area contributed by atoms with Crippen LogP contribution in [-0.4, -0.2) is 49.8 Å². The first-order chi connectivity index (χ1) is 8.27. The van der Waals surface area contributed by atoms with Crippen molar-refractivity contribution in [2.75, 3.05) is 32.8 Å². The van der Waals surface area contributed by atoms with E-state index in [4.69, 9.17) is 4.74 Å². The van der Waals surface area contributed by atoms with Crippen LogP contribution in [0.5, 0.6) is 0 Å². The summed E-state index contributed by atoms with van der Waals surface area (Å²) in [5.41, 5.74) is 0. The van der Waals surface area contributed by atoms with Gasteiger partial charge >= 0.3 is 0 Å². The van der Waals surface area contributed by atoms with E-state index in [0.29, 0.717) is 12.1 Å². The molecule has 1 rings (SSSR count). The molecule has 0 aromatic heterocycles. The molecule has 0 saturated carbocycles. The molecule has 1 saturated heterocycles. The van der Waals surface area contributed by atoms with E-state index in [0.717, 1.165) is 19.7 Å². The number of nitrogens with zero attached hydrogens (tertiary/aromatic N) is 1. The monoisotopic (exact) mass is 242 g/mol. The molecular formula is C14H30N2O. The second kappa shape index (κ2) is 8.90. The van der Waals surface area contributed by atoms with Gasteiger partial charge in [0.05, 0.1) is 12.7 Å². The second-order valence-corrected chi connectivity index (χ2v) is 5.13. The third-order valence-electron chi connectivity index (χ3n) is 3.76. The topological polar surface area (TPSA) is 24.5 Å². The van der Waals surface area contributed by atoms with Crippen molar-refractivity contribution < 1.29 is 4.74 Å². The lowest BCUT2D eigenvalue weighted by Gasteiger charge is -2.31. The maximum absolute atomic E-state index is 5.76. The van der Waals surface area contributed by atoms with Gasteiger partial charge < -0.3 is 15.0 Å². The molecule has 102 valence electrons. The molecule has 0 aromatic rings. The molecular weight excluding hydrogens is 212 g/mol. The van der Waals surface area contributed by atoms with E-state index in [-0.39, 0.29) is 0 Å². The quantitative estimate of drug-likeness (QED) is 0.706. The first-order valence-electron chi connectivity index (χ1n) is 7.34. The summed E-state index contributed by atoms with van der Waals surface area (Å²) in [6, 6.07) is 0.707. The fraction of sp³-hybridized carbons (Fsp3) is 1.00. The molecule has 17 heavy (non-hydrogen) atoms. The summed E-state index contributed by atoms with van der Waals surface area (Å²) < 4.78 is 5.76. The molecule has 0 bridgehead atoms. The van der Waals surface area contributed by atoms with Gasteiger partial charge in [-0.15, -0.1) is 0 Å². The van der Waals surface area contributed by atoms with Gasteiger partial charge in [-0.3, -0.25) is 0 Å². The molecule has 3 nitrogen and oxygen atoms in total. The Bertz CT molecular complexity index is 181. The summed E-state index contributed by atoms with van der Waals surface area (Å²) in [6.07, 6.45) is 5.44. The Balaban J connectivity index is 2.26. The van der Waals surface area contributed by atoms with Crippen LogP contribution in [0, 0.1) is 0 Å². The van der Waals surface area contributed by atoms with Crippen LogP contribution in [0.1, 0.15) is 46.5 Å².